The van der Waals surface area contributed by atoms with Crippen LogP contribution in [-0.2, 0) is 17.8 Å². The van der Waals surface area contributed by atoms with E-state index in [4.69, 9.17) is 15.2 Å². The molecule has 19 heavy (non-hydrogen) atoms. The van der Waals surface area contributed by atoms with Crippen molar-refractivity contribution < 1.29 is 9.47 Å². The van der Waals surface area contributed by atoms with Gasteiger partial charge >= 0.3 is 0 Å². The van der Waals surface area contributed by atoms with Gasteiger partial charge in [-0.2, -0.15) is 0 Å². The van der Waals surface area contributed by atoms with Gasteiger partial charge in [0.15, 0.2) is 0 Å². The Morgan fingerprint density at radius 3 is 2.84 bits per heavy atom. The van der Waals surface area contributed by atoms with Crippen molar-refractivity contribution in [2.45, 2.75) is 32.5 Å². The first kappa shape index (κ1) is 14.3. The van der Waals surface area contributed by atoms with E-state index in [1.54, 1.807) is 7.11 Å². The topological polar surface area (TPSA) is 47.7 Å². The van der Waals surface area contributed by atoms with Crippen molar-refractivity contribution in [2.24, 2.45) is 5.73 Å². The molecule has 106 valence electrons. The van der Waals surface area contributed by atoms with Gasteiger partial charge in [0.25, 0.3) is 0 Å². The van der Waals surface area contributed by atoms with Gasteiger partial charge in [-0.25, -0.2) is 0 Å². The average molecular weight is 264 g/mol. The van der Waals surface area contributed by atoms with E-state index in [-0.39, 0.29) is 5.60 Å². The molecule has 1 aliphatic heterocycles. The van der Waals surface area contributed by atoms with Crippen LogP contribution < -0.4 is 10.5 Å². The first-order valence-corrected chi connectivity index (χ1v) is 6.76. The van der Waals surface area contributed by atoms with Gasteiger partial charge in [-0.15, -0.1) is 0 Å². The summed E-state index contributed by atoms with van der Waals surface area (Å²) in [6.45, 7) is 8.43. The van der Waals surface area contributed by atoms with Crippen LogP contribution in [0, 0.1) is 0 Å². The number of methoxy groups -OCH3 is 1. The molecule has 0 unspecified atom stereocenters. The summed E-state index contributed by atoms with van der Waals surface area (Å²) in [5, 5.41) is 0. The smallest absolute Gasteiger partial charge is 0.123 e. The third-order valence-electron chi connectivity index (χ3n) is 3.48. The van der Waals surface area contributed by atoms with Crippen LogP contribution in [0.1, 0.15) is 25.0 Å². The maximum atomic E-state index is 5.73. The van der Waals surface area contributed by atoms with E-state index in [1.807, 2.05) is 0 Å². The third-order valence-corrected chi connectivity index (χ3v) is 3.48. The van der Waals surface area contributed by atoms with Crippen molar-refractivity contribution in [3.05, 3.63) is 29.3 Å². The van der Waals surface area contributed by atoms with Gasteiger partial charge in [0.1, 0.15) is 5.75 Å². The molecule has 0 bridgehead atoms. The SMILES string of the molecule is COc1cc(CN2CCOC(C)(C)C2)ccc1CN. The van der Waals surface area contributed by atoms with Crippen LogP contribution in [0.2, 0.25) is 0 Å². The fourth-order valence-electron chi connectivity index (χ4n) is 2.56. The number of hydrogen-bond donors (Lipinski definition) is 1. The number of morpholine rings is 1. The van der Waals surface area contributed by atoms with Crippen molar-refractivity contribution in [1.29, 1.82) is 0 Å². The van der Waals surface area contributed by atoms with E-state index in [9.17, 15) is 0 Å². The van der Waals surface area contributed by atoms with Crippen molar-refractivity contribution in [3.63, 3.8) is 0 Å². The highest BCUT2D eigenvalue weighted by atomic mass is 16.5. The van der Waals surface area contributed by atoms with Gasteiger partial charge in [-0.3, -0.25) is 4.90 Å². The number of hydrogen-bond acceptors (Lipinski definition) is 4. The predicted octanol–water partition coefficient (Wildman–Crippen LogP) is 1.76. The number of ether oxygens (including phenoxy) is 2. The van der Waals surface area contributed by atoms with Gasteiger partial charge in [0.2, 0.25) is 0 Å². The second-order valence-electron chi connectivity index (χ2n) is 5.67. The zero-order valence-electron chi connectivity index (χ0n) is 12.1. The highest BCUT2D eigenvalue weighted by Crippen LogP contribution is 2.23. The highest BCUT2D eigenvalue weighted by Gasteiger charge is 2.27. The summed E-state index contributed by atoms with van der Waals surface area (Å²) in [4.78, 5) is 2.42. The lowest BCUT2D eigenvalue weighted by Crippen LogP contribution is -2.47. The molecule has 0 spiro atoms. The summed E-state index contributed by atoms with van der Waals surface area (Å²) in [7, 11) is 1.69. The molecule has 2 rings (SSSR count). The molecule has 1 aromatic rings. The lowest BCUT2D eigenvalue weighted by atomic mass is 10.1. The van der Waals surface area contributed by atoms with Crippen molar-refractivity contribution in [2.75, 3.05) is 26.8 Å². The summed E-state index contributed by atoms with van der Waals surface area (Å²) >= 11 is 0. The van der Waals surface area contributed by atoms with E-state index in [0.29, 0.717) is 6.54 Å². The molecule has 0 radical (unpaired) electrons. The monoisotopic (exact) mass is 264 g/mol. The Bertz CT molecular complexity index is 432. The van der Waals surface area contributed by atoms with Gasteiger partial charge < -0.3 is 15.2 Å². The minimum atomic E-state index is -0.0560. The maximum Gasteiger partial charge on any atom is 0.123 e. The number of nitrogens with zero attached hydrogens (tertiary/aromatic N) is 1. The Morgan fingerprint density at radius 2 is 2.21 bits per heavy atom. The van der Waals surface area contributed by atoms with Gasteiger partial charge in [0, 0.05) is 31.7 Å². The third kappa shape index (κ3) is 3.69. The summed E-state index contributed by atoms with van der Waals surface area (Å²) < 4.78 is 11.1. The fraction of sp³-hybridized carbons (Fsp3) is 0.600. The highest BCUT2D eigenvalue weighted by molar-refractivity contribution is 5.37. The number of rotatable bonds is 4. The number of benzene rings is 1. The molecule has 0 amide bonds. The largest absolute Gasteiger partial charge is 0.496 e. The normalized spacial score (nSPS) is 19.4. The first-order chi connectivity index (χ1) is 9.04. The Kier molecular flexibility index (Phi) is 4.45. The van der Waals surface area contributed by atoms with Crippen molar-refractivity contribution in [3.8, 4) is 5.75 Å². The molecule has 0 aliphatic carbocycles. The molecule has 1 heterocycles. The van der Waals surface area contributed by atoms with Gasteiger partial charge in [-0.1, -0.05) is 12.1 Å². The molecule has 0 saturated carbocycles. The molecule has 0 aromatic heterocycles. The molecule has 0 atom stereocenters. The molecule has 4 heteroatoms. The molecular formula is C15H24N2O2. The van der Waals surface area contributed by atoms with Gasteiger partial charge in [0.05, 0.1) is 19.3 Å². The van der Waals surface area contributed by atoms with E-state index in [0.717, 1.165) is 37.6 Å². The molecule has 4 nitrogen and oxygen atoms in total. The van der Waals surface area contributed by atoms with E-state index in [2.05, 4.69) is 36.9 Å². The fourth-order valence-corrected chi connectivity index (χ4v) is 2.56. The zero-order chi connectivity index (χ0) is 13.9. The van der Waals surface area contributed by atoms with E-state index in [1.165, 1.54) is 5.56 Å². The molecular weight excluding hydrogens is 240 g/mol. The minimum absolute atomic E-state index is 0.0560. The molecule has 1 aromatic carbocycles. The Balaban J connectivity index is 2.06. The van der Waals surface area contributed by atoms with Crippen LogP contribution in [0.4, 0.5) is 0 Å². The summed E-state index contributed by atoms with van der Waals surface area (Å²) in [5.41, 5.74) is 7.94. The Labute approximate surface area is 115 Å². The van der Waals surface area contributed by atoms with Crippen LogP contribution in [0.15, 0.2) is 18.2 Å². The quantitative estimate of drug-likeness (QED) is 0.900. The molecule has 1 fully saturated rings. The second kappa shape index (κ2) is 5.90. The Hall–Kier alpha value is -1.10. The van der Waals surface area contributed by atoms with Crippen molar-refractivity contribution >= 4 is 0 Å². The summed E-state index contributed by atoms with van der Waals surface area (Å²) in [6.07, 6.45) is 0. The van der Waals surface area contributed by atoms with Crippen molar-refractivity contribution in [1.82, 2.24) is 4.90 Å². The maximum absolute atomic E-state index is 5.73. The summed E-state index contributed by atoms with van der Waals surface area (Å²) in [6, 6.07) is 6.28. The van der Waals surface area contributed by atoms with Crippen LogP contribution in [0.25, 0.3) is 0 Å². The average Bonchev–Trinajstić information content (AvgIpc) is 2.37. The summed E-state index contributed by atoms with van der Waals surface area (Å²) in [5.74, 6) is 0.882. The van der Waals surface area contributed by atoms with E-state index < -0.39 is 0 Å². The predicted molar refractivity (Wildman–Crippen MR) is 76.2 cm³/mol. The van der Waals surface area contributed by atoms with Crippen LogP contribution >= 0.6 is 0 Å². The molecule has 1 saturated heterocycles. The lowest BCUT2D eigenvalue weighted by molar-refractivity contribution is -0.0882. The Morgan fingerprint density at radius 1 is 1.42 bits per heavy atom. The first-order valence-electron chi connectivity index (χ1n) is 6.76. The standard InChI is InChI=1S/C15H24N2O2/c1-15(2)11-17(6-7-19-15)10-12-4-5-13(9-16)14(8-12)18-3/h4-5,8H,6-7,9-11,16H2,1-3H3. The van der Waals surface area contributed by atoms with Crippen LogP contribution in [0.5, 0.6) is 5.75 Å². The molecule has 1 aliphatic rings. The van der Waals surface area contributed by atoms with Crippen LogP contribution in [-0.4, -0.2) is 37.3 Å². The molecule has 2 N–H and O–H groups in total. The van der Waals surface area contributed by atoms with E-state index >= 15 is 0 Å². The lowest BCUT2D eigenvalue weighted by Gasteiger charge is -2.38. The van der Waals surface area contributed by atoms with Gasteiger partial charge in [-0.05, 0) is 25.5 Å². The number of nitrogens with two attached hydrogens (primary N) is 1. The minimum Gasteiger partial charge on any atom is -0.496 e. The van der Waals surface area contributed by atoms with Crippen LogP contribution in [0.3, 0.4) is 0 Å². The zero-order valence-corrected chi connectivity index (χ0v) is 12.1. The second-order valence-corrected chi connectivity index (χ2v) is 5.67.